The van der Waals surface area contributed by atoms with E-state index in [1.54, 1.807) is 0 Å². The number of nitrogens with one attached hydrogen (secondary N) is 2. The van der Waals surface area contributed by atoms with Crippen LogP contribution in [0.25, 0.3) is 0 Å². The molecular weight excluding hydrogens is 252 g/mol. The average Bonchev–Trinajstić information content (AvgIpc) is 2.37. The fraction of sp³-hybridized carbons (Fsp3) is 0.733. The fourth-order valence-corrected chi connectivity index (χ4v) is 2.32. The summed E-state index contributed by atoms with van der Waals surface area (Å²) < 4.78 is 5.59. The van der Waals surface area contributed by atoms with Gasteiger partial charge >= 0.3 is 0 Å². The van der Waals surface area contributed by atoms with E-state index < -0.39 is 0 Å². The summed E-state index contributed by atoms with van der Waals surface area (Å²) in [5, 5.41) is 6.64. The van der Waals surface area contributed by atoms with Gasteiger partial charge in [-0.15, -0.1) is 0 Å². The molecule has 20 heavy (non-hydrogen) atoms. The van der Waals surface area contributed by atoms with Gasteiger partial charge in [0.05, 0.1) is 12.1 Å². The molecule has 2 N–H and O–H groups in total. The van der Waals surface area contributed by atoms with Crippen LogP contribution in [0.2, 0.25) is 0 Å². The van der Waals surface area contributed by atoms with Gasteiger partial charge in [0, 0.05) is 25.1 Å². The van der Waals surface area contributed by atoms with Crippen LogP contribution >= 0.6 is 0 Å². The van der Waals surface area contributed by atoms with Crippen molar-refractivity contribution >= 4 is 11.6 Å². The average molecular weight is 278 g/mol. The SMILES string of the molecule is CNc1cc(NC2(C)CCCOC2)nc(C(C)(C)C)n1. The van der Waals surface area contributed by atoms with Gasteiger partial charge in [0.15, 0.2) is 0 Å². The Balaban J connectivity index is 2.26. The molecule has 1 aromatic rings. The number of rotatable bonds is 3. The summed E-state index contributed by atoms with van der Waals surface area (Å²) in [6, 6.07) is 1.95. The van der Waals surface area contributed by atoms with Crippen molar-refractivity contribution in [3.8, 4) is 0 Å². The molecular formula is C15H26N4O. The van der Waals surface area contributed by atoms with Crippen molar-refractivity contribution in [3.05, 3.63) is 11.9 Å². The van der Waals surface area contributed by atoms with E-state index >= 15 is 0 Å². The van der Waals surface area contributed by atoms with Gasteiger partial charge in [0.1, 0.15) is 17.5 Å². The number of nitrogens with zero attached hydrogens (tertiary/aromatic N) is 2. The quantitative estimate of drug-likeness (QED) is 0.890. The first-order valence-electron chi connectivity index (χ1n) is 7.26. The van der Waals surface area contributed by atoms with Crippen LogP contribution in [0.5, 0.6) is 0 Å². The predicted molar refractivity (Wildman–Crippen MR) is 82.4 cm³/mol. The molecule has 1 unspecified atom stereocenters. The van der Waals surface area contributed by atoms with Crippen molar-refractivity contribution in [1.82, 2.24) is 9.97 Å². The molecule has 0 amide bonds. The van der Waals surface area contributed by atoms with Crippen LogP contribution in [-0.2, 0) is 10.2 Å². The van der Waals surface area contributed by atoms with Gasteiger partial charge in [-0.3, -0.25) is 0 Å². The number of aromatic nitrogens is 2. The molecule has 0 saturated carbocycles. The molecule has 1 fully saturated rings. The highest BCUT2D eigenvalue weighted by atomic mass is 16.5. The second kappa shape index (κ2) is 5.56. The minimum Gasteiger partial charge on any atom is -0.379 e. The first kappa shape index (κ1) is 15.0. The second-order valence-electron chi connectivity index (χ2n) is 6.80. The van der Waals surface area contributed by atoms with Crippen LogP contribution in [0.4, 0.5) is 11.6 Å². The standard InChI is InChI=1S/C15H26N4O/c1-14(2,3)13-17-11(16-5)9-12(18-13)19-15(4)7-6-8-20-10-15/h9H,6-8,10H2,1-5H3,(H2,16,17,18,19). The van der Waals surface area contributed by atoms with Crippen molar-refractivity contribution in [2.45, 2.75) is 51.5 Å². The van der Waals surface area contributed by atoms with Crippen molar-refractivity contribution < 1.29 is 4.74 Å². The summed E-state index contributed by atoms with van der Waals surface area (Å²) in [5.74, 6) is 2.54. The van der Waals surface area contributed by atoms with Crippen LogP contribution in [0, 0.1) is 0 Å². The van der Waals surface area contributed by atoms with E-state index in [4.69, 9.17) is 4.74 Å². The van der Waals surface area contributed by atoms with E-state index in [1.807, 2.05) is 13.1 Å². The Hall–Kier alpha value is -1.36. The Morgan fingerprint density at radius 3 is 2.50 bits per heavy atom. The lowest BCUT2D eigenvalue weighted by atomic mass is 9.94. The van der Waals surface area contributed by atoms with Crippen LogP contribution < -0.4 is 10.6 Å². The van der Waals surface area contributed by atoms with Crippen LogP contribution in [0.15, 0.2) is 6.07 Å². The fourth-order valence-electron chi connectivity index (χ4n) is 2.32. The maximum atomic E-state index is 5.59. The minimum absolute atomic E-state index is 0.0488. The summed E-state index contributed by atoms with van der Waals surface area (Å²) in [5.41, 5.74) is -0.125. The number of anilines is 2. The molecule has 0 bridgehead atoms. The lowest BCUT2D eigenvalue weighted by molar-refractivity contribution is 0.0539. The Labute approximate surface area is 121 Å². The number of hydrogen-bond donors (Lipinski definition) is 2. The van der Waals surface area contributed by atoms with Gasteiger partial charge in [-0.25, -0.2) is 9.97 Å². The Kier molecular flexibility index (Phi) is 4.18. The van der Waals surface area contributed by atoms with Gasteiger partial charge in [0.25, 0.3) is 0 Å². The zero-order chi connectivity index (χ0) is 14.8. The monoisotopic (exact) mass is 278 g/mol. The van der Waals surface area contributed by atoms with Crippen molar-refractivity contribution in [2.24, 2.45) is 0 Å². The topological polar surface area (TPSA) is 59.1 Å². The van der Waals surface area contributed by atoms with Crippen molar-refractivity contribution in [2.75, 3.05) is 30.9 Å². The molecule has 0 aliphatic carbocycles. The highest BCUT2D eigenvalue weighted by Crippen LogP contribution is 2.26. The Morgan fingerprint density at radius 2 is 1.95 bits per heavy atom. The molecule has 0 aromatic carbocycles. The summed E-state index contributed by atoms with van der Waals surface area (Å²) in [7, 11) is 1.88. The molecule has 5 heteroatoms. The third-order valence-corrected chi connectivity index (χ3v) is 3.52. The summed E-state index contributed by atoms with van der Waals surface area (Å²) in [6.45, 7) is 10.1. The zero-order valence-corrected chi connectivity index (χ0v) is 13.2. The Bertz CT molecular complexity index is 461. The molecule has 0 radical (unpaired) electrons. The van der Waals surface area contributed by atoms with E-state index in [2.05, 4.69) is 48.3 Å². The molecule has 1 saturated heterocycles. The molecule has 112 valence electrons. The molecule has 1 aliphatic rings. The van der Waals surface area contributed by atoms with Crippen LogP contribution in [0.3, 0.4) is 0 Å². The van der Waals surface area contributed by atoms with Crippen LogP contribution in [-0.4, -0.2) is 35.8 Å². The number of ether oxygens (including phenoxy) is 1. The largest absolute Gasteiger partial charge is 0.379 e. The van der Waals surface area contributed by atoms with Crippen molar-refractivity contribution in [1.29, 1.82) is 0 Å². The summed E-state index contributed by atoms with van der Waals surface area (Å²) >= 11 is 0. The second-order valence-corrected chi connectivity index (χ2v) is 6.80. The van der Waals surface area contributed by atoms with E-state index in [-0.39, 0.29) is 11.0 Å². The lowest BCUT2D eigenvalue weighted by Crippen LogP contribution is -2.43. The highest BCUT2D eigenvalue weighted by molar-refractivity contribution is 5.49. The predicted octanol–water partition coefficient (Wildman–Crippen LogP) is 2.80. The molecule has 1 aromatic heterocycles. The third kappa shape index (κ3) is 3.60. The maximum absolute atomic E-state index is 5.59. The van der Waals surface area contributed by atoms with E-state index in [0.29, 0.717) is 0 Å². The molecule has 1 atom stereocenters. The first-order chi connectivity index (χ1) is 9.32. The van der Waals surface area contributed by atoms with Gasteiger partial charge < -0.3 is 15.4 Å². The Morgan fingerprint density at radius 1 is 1.25 bits per heavy atom. The van der Waals surface area contributed by atoms with E-state index in [0.717, 1.165) is 43.5 Å². The van der Waals surface area contributed by atoms with E-state index in [9.17, 15) is 0 Å². The van der Waals surface area contributed by atoms with E-state index in [1.165, 1.54) is 0 Å². The van der Waals surface area contributed by atoms with Crippen LogP contribution in [0.1, 0.15) is 46.4 Å². The van der Waals surface area contributed by atoms with Gasteiger partial charge in [-0.05, 0) is 19.8 Å². The smallest absolute Gasteiger partial charge is 0.138 e. The van der Waals surface area contributed by atoms with Gasteiger partial charge in [-0.1, -0.05) is 20.8 Å². The van der Waals surface area contributed by atoms with Crippen molar-refractivity contribution in [3.63, 3.8) is 0 Å². The summed E-state index contributed by atoms with van der Waals surface area (Å²) in [6.07, 6.45) is 2.18. The van der Waals surface area contributed by atoms with Gasteiger partial charge in [-0.2, -0.15) is 0 Å². The minimum atomic E-state index is -0.0761. The molecule has 0 spiro atoms. The molecule has 5 nitrogen and oxygen atoms in total. The molecule has 1 aliphatic heterocycles. The first-order valence-corrected chi connectivity index (χ1v) is 7.26. The van der Waals surface area contributed by atoms with Gasteiger partial charge in [0.2, 0.25) is 0 Å². The lowest BCUT2D eigenvalue weighted by Gasteiger charge is -2.35. The highest BCUT2D eigenvalue weighted by Gasteiger charge is 2.28. The molecule has 2 rings (SSSR count). The summed E-state index contributed by atoms with van der Waals surface area (Å²) in [4.78, 5) is 9.22. The maximum Gasteiger partial charge on any atom is 0.138 e. The third-order valence-electron chi connectivity index (χ3n) is 3.52. The zero-order valence-electron chi connectivity index (χ0n) is 13.2. The normalized spacial score (nSPS) is 23.4. The number of hydrogen-bond acceptors (Lipinski definition) is 5. The molecule has 2 heterocycles.